The van der Waals surface area contributed by atoms with E-state index >= 15 is 0 Å². The van der Waals surface area contributed by atoms with Crippen molar-refractivity contribution in [1.29, 1.82) is 0 Å². The highest BCUT2D eigenvalue weighted by atomic mass is 79.9. The molecule has 3 aliphatic rings. The molecule has 1 aliphatic heterocycles. The molecule has 2 amide bonds. The van der Waals surface area contributed by atoms with Crippen molar-refractivity contribution in [2.75, 3.05) is 13.1 Å². The van der Waals surface area contributed by atoms with Gasteiger partial charge >= 0.3 is 0 Å². The maximum atomic E-state index is 13.0. The van der Waals surface area contributed by atoms with Gasteiger partial charge in [-0.2, -0.15) is 0 Å². The Kier molecular flexibility index (Phi) is 4.64. The first-order valence-corrected chi connectivity index (χ1v) is 11.3. The summed E-state index contributed by atoms with van der Waals surface area (Å²) < 4.78 is -0.569. The molecule has 3 fully saturated rings. The number of halogens is 4. The summed E-state index contributed by atoms with van der Waals surface area (Å²) in [5.41, 5.74) is -0.812. The maximum Gasteiger partial charge on any atom is 0.231 e. The van der Waals surface area contributed by atoms with Crippen LogP contribution >= 0.6 is 63.7 Å². The van der Waals surface area contributed by atoms with Gasteiger partial charge in [0.25, 0.3) is 0 Å². The van der Waals surface area contributed by atoms with Gasteiger partial charge in [0.05, 0.1) is 17.3 Å². The van der Waals surface area contributed by atoms with E-state index in [-0.39, 0.29) is 30.4 Å². The summed E-state index contributed by atoms with van der Waals surface area (Å²) in [6.45, 7) is 9.22. The van der Waals surface area contributed by atoms with Crippen LogP contribution in [0.4, 0.5) is 0 Å². The molecule has 0 aromatic heterocycles. The Morgan fingerprint density at radius 2 is 1.04 bits per heavy atom. The molecule has 0 spiro atoms. The highest BCUT2D eigenvalue weighted by Crippen LogP contribution is 2.68. The van der Waals surface area contributed by atoms with E-state index in [1.54, 1.807) is 0 Å². The van der Waals surface area contributed by atoms with Gasteiger partial charge in [0.15, 0.2) is 0 Å². The van der Waals surface area contributed by atoms with Crippen LogP contribution in [0.5, 0.6) is 0 Å². The average molecular weight is 594 g/mol. The van der Waals surface area contributed by atoms with Gasteiger partial charge in [0.1, 0.15) is 0 Å². The molecular weight excluding hydrogens is 572 g/mol. The lowest BCUT2D eigenvalue weighted by molar-refractivity contribution is -0.151. The van der Waals surface area contributed by atoms with Crippen molar-refractivity contribution in [1.82, 2.24) is 9.80 Å². The van der Waals surface area contributed by atoms with E-state index in [1.807, 2.05) is 37.5 Å². The molecule has 2 aliphatic carbocycles. The SMILES string of the molecule is C[C@@H]1CN(C(=O)[C@@]2(C)CC2(Br)Br)[C@@H](C)CN1C(=O)[C@@]1(C)CC1(Br)Br. The van der Waals surface area contributed by atoms with Crippen molar-refractivity contribution < 1.29 is 9.59 Å². The van der Waals surface area contributed by atoms with Gasteiger partial charge in [-0.3, -0.25) is 9.59 Å². The summed E-state index contributed by atoms with van der Waals surface area (Å²) in [5, 5.41) is 0. The molecule has 4 nitrogen and oxygen atoms in total. The fourth-order valence-corrected chi connectivity index (χ4v) is 6.51. The summed E-state index contributed by atoms with van der Waals surface area (Å²) in [5.74, 6) is 0.325. The third-order valence-corrected chi connectivity index (χ3v) is 10.6. The van der Waals surface area contributed by atoms with Crippen LogP contribution in [0.3, 0.4) is 0 Å². The van der Waals surface area contributed by atoms with Gasteiger partial charge < -0.3 is 9.80 Å². The van der Waals surface area contributed by atoms with Crippen molar-refractivity contribution in [3.63, 3.8) is 0 Å². The van der Waals surface area contributed by atoms with Gasteiger partial charge in [-0.05, 0) is 40.5 Å². The number of hydrogen-bond donors (Lipinski definition) is 0. The van der Waals surface area contributed by atoms with Gasteiger partial charge in [-0.15, -0.1) is 0 Å². The Hall–Kier alpha value is 0.860. The molecule has 0 bridgehead atoms. The first-order chi connectivity index (χ1) is 10.8. The summed E-state index contributed by atoms with van der Waals surface area (Å²) in [6.07, 6.45) is 1.57. The maximum absolute atomic E-state index is 13.0. The minimum absolute atomic E-state index is 0.0216. The van der Waals surface area contributed by atoms with Gasteiger partial charge in [0.2, 0.25) is 11.8 Å². The van der Waals surface area contributed by atoms with E-state index in [4.69, 9.17) is 0 Å². The number of rotatable bonds is 2. The normalized spacial score (nSPS) is 42.7. The second kappa shape index (κ2) is 5.68. The van der Waals surface area contributed by atoms with Crippen LogP contribution < -0.4 is 0 Å². The zero-order valence-electron chi connectivity index (χ0n) is 14.2. The van der Waals surface area contributed by atoms with Crippen LogP contribution in [0.25, 0.3) is 0 Å². The lowest BCUT2D eigenvalue weighted by atomic mass is 10.00. The number of piperazine rings is 1. The molecule has 0 N–H and O–H groups in total. The molecule has 0 aromatic rings. The third kappa shape index (κ3) is 2.76. The standard InChI is InChI=1S/C16H22Br4N2O2/c1-9-5-22(12(24)14(4)8-16(14,19)20)10(2)6-21(9)11(23)13(3)7-15(13,17)18/h9-10H,5-8H2,1-4H3/t9-,10+,13-,14-/m1/s1. The van der Waals surface area contributed by atoms with Crippen LogP contribution in [0.1, 0.15) is 40.5 Å². The molecule has 2 saturated carbocycles. The molecule has 4 atom stereocenters. The molecular formula is C16H22Br4N2O2. The van der Waals surface area contributed by atoms with Gasteiger partial charge in [-0.25, -0.2) is 0 Å². The predicted octanol–water partition coefficient (Wildman–Crippen LogP) is 4.23. The first-order valence-electron chi connectivity index (χ1n) is 8.15. The minimum Gasteiger partial charge on any atom is -0.336 e. The Morgan fingerprint density at radius 3 is 1.25 bits per heavy atom. The molecule has 0 unspecified atom stereocenters. The zero-order chi connectivity index (χ0) is 18.3. The largest absolute Gasteiger partial charge is 0.336 e. The van der Waals surface area contributed by atoms with Crippen LogP contribution in [-0.2, 0) is 9.59 Å². The number of nitrogens with zero attached hydrogens (tertiary/aromatic N) is 2. The van der Waals surface area contributed by atoms with E-state index in [2.05, 4.69) is 63.7 Å². The Bertz CT molecular complexity index is 559. The van der Waals surface area contributed by atoms with E-state index in [0.717, 1.165) is 12.8 Å². The Labute approximate surface area is 177 Å². The number of hydrogen-bond acceptors (Lipinski definition) is 2. The topological polar surface area (TPSA) is 40.6 Å². The molecule has 136 valence electrons. The van der Waals surface area contributed by atoms with Gasteiger partial charge in [0, 0.05) is 25.2 Å². The predicted molar refractivity (Wildman–Crippen MR) is 109 cm³/mol. The molecule has 1 heterocycles. The number of carbonyl (C=O) groups excluding carboxylic acids is 2. The highest BCUT2D eigenvalue weighted by Gasteiger charge is 2.69. The van der Waals surface area contributed by atoms with E-state index in [1.165, 1.54) is 0 Å². The minimum atomic E-state index is -0.406. The van der Waals surface area contributed by atoms with Crippen molar-refractivity contribution in [3.05, 3.63) is 0 Å². The molecule has 8 heteroatoms. The fraction of sp³-hybridized carbons (Fsp3) is 0.875. The molecule has 0 aromatic carbocycles. The third-order valence-electron chi connectivity index (χ3n) is 5.97. The highest BCUT2D eigenvalue weighted by molar-refractivity contribution is 9.26. The van der Waals surface area contributed by atoms with E-state index in [0.29, 0.717) is 13.1 Å². The van der Waals surface area contributed by atoms with Crippen molar-refractivity contribution >= 4 is 75.5 Å². The monoisotopic (exact) mass is 590 g/mol. The summed E-state index contributed by atoms with van der Waals surface area (Å²) >= 11 is 14.3. The molecule has 24 heavy (non-hydrogen) atoms. The van der Waals surface area contributed by atoms with Crippen molar-refractivity contribution in [2.45, 2.75) is 59.1 Å². The summed E-state index contributed by atoms with van der Waals surface area (Å²) in [4.78, 5) is 29.9. The number of alkyl halides is 4. The summed E-state index contributed by atoms with van der Waals surface area (Å²) in [6, 6.07) is 0.0431. The first kappa shape index (κ1) is 19.6. The van der Waals surface area contributed by atoms with E-state index in [9.17, 15) is 9.59 Å². The Balaban J connectivity index is 1.72. The molecule has 3 rings (SSSR count). The average Bonchev–Trinajstić information content (AvgIpc) is 3.19. The van der Waals surface area contributed by atoms with Gasteiger partial charge in [-0.1, -0.05) is 63.7 Å². The van der Waals surface area contributed by atoms with Crippen LogP contribution in [0.2, 0.25) is 0 Å². The number of amides is 2. The second-order valence-electron chi connectivity index (χ2n) is 8.04. The lowest BCUT2D eigenvalue weighted by Gasteiger charge is -2.46. The molecule has 0 radical (unpaired) electrons. The van der Waals surface area contributed by atoms with Crippen LogP contribution in [0.15, 0.2) is 0 Å². The summed E-state index contributed by atoms with van der Waals surface area (Å²) in [7, 11) is 0. The zero-order valence-corrected chi connectivity index (χ0v) is 20.5. The quantitative estimate of drug-likeness (QED) is 0.450. The van der Waals surface area contributed by atoms with Crippen LogP contribution in [-0.4, -0.2) is 53.3 Å². The lowest BCUT2D eigenvalue weighted by Crippen LogP contribution is -2.62. The van der Waals surface area contributed by atoms with Crippen molar-refractivity contribution in [3.8, 4) is 0 Å². The smallest absolute Gasteiger partial charge is 0.231 e. The van der Waals surface area contributed by atoms with Crippen LogP contribution in [0, 0.1) is 10.8 Å². The fourth-order valence-electron chi connectivity index (χ4n) is 3.59. The second-order valence-corrected chi connectivity index (χ2v) is 15.6. The van der Waals surface area contributed by atoms with Crippen molar-refractivity contribution in [2.24, 2.45) is 10.8 Å². The number of carbonyl (C=O) groups is 2. The molecule has 1 saturated heterocycles. The van der Waals surface area contributed by atoms with E-state index < -0.39 is 10.8 Å². The Morgan fingerprint density at radius 1 is 0.792 bits per heavy atom.